The highest BCUT2D eigenvalue weighted by molar-refractivity contribution is 6.04. The predicted molar refractivity (Wildman–Crippen MR) is 113 cm³/mol. The van der Waals surface area contributed by atoms with Crippen LogP contribution in [0.2, 0.25) is 0 Å². The zero-order chi connectivity index (χ0) is 22.6. The van der Waals surface area contributed by atoms with Crippen molar-refractivity contribution in [3.63, 3.8) is 0 Å². The van der Waals surface area contributed by atoms with Gasteiger partial charge in [-0.3, -0.25) is 10.1 Å². The number of nitrogens with one attached hydrogen (secondary N) is 1. The van der Waals surface area contributed by atoms with E-state index in [1.54, 1.807) is 29.8 Å². The molecule has 1 aliphatic rings. The van der Waals surface area contributed by atoms with Crippen molar-refractivity contribution in [2.45, 2.75) is 26.6 Å². The van der Waals surface area contributed by atoms with Crippen molar-refractivity contribution in [3.8, 4) is 17.2 Å². The molecule has 5 rings (SSSR count). The van der Waals surface area contributed by atoms with Crippen LogP contribution in [-0.4, -0.2) is 31.5 Å². The second-order valence-corrected chi connectivity index (χ2v) is 7.50. The summed E-state index contributed by atoms with van der Waals surface area (Å²) in [7, 11) is 1.67. The first-order valence-corrected chi connectivity index (χ1v) is 9.98. The molecule has 3 heterocycles. The summed E-state index contributed by atoms with van der Waals surface area (Å²) in [6.07, 6.45) is -2.90. The SMILES string of the molecule is CCc1cc(C)nn1-c1cccc(C(=O)Nc2nc3cc4c(cc3n2C)OC(F)(F)O4)c1. The van der Waals surface area contributed by atoms with E-state index in [0.717, 1.165) is 23.5 Å². The minimum atomic E-state index is -3.70. The third-order valence-corrected chi connectivity index (χ3v) is 5.25. The second-order valence-electron chi connectivity index (χ2n) is 7.50. The highest BCUT2D eigenvalue weighted by Crippen LogP contribution is 2.43. The van der Waals surface area contributed by atoms with E-state index in [4.69, 9.17) is 0 Å². The van der Waals surface area contributed by atoms with E-state index in [0.29, 0.717) is 16.6 Å². The van der Waals surface area contributed by atoms with Gasteiger partial charge in [-0.15, -0.1) is 8.78 Å². The first kappa shape index (κ1) is 20.0. The van der Waals surface area contributed by atoms with Crippen LogP contribution in [0, 0.1) is 6.92 Å². The molecule has 0 atom stereocenters. The lowest BCUT2D eigenvalue weighted by molar-refractivity contribution is -0.286. The number of carbonyl (C=O) groups excluding carboxylic acids is 1. The fourth-order valence-electron chi connectivity index (χ4n) is 3.73. The Labute approximate surface area is 181 Å². The van der Waals surface area contributed by atoms with E-state index < -0.39 is 6.29 Å². The zero-order valence-corrected chi connectivity index (χ0v) is 17.5. The number of hydrogen-bond acceptors (Lipinski definition) is 5. The van der Waals surface area contributed by atoms with Gasteiger partial charge in [0.1, 0.15) is 0 Å². The molecule has 1 aliphatic heterocycles. The van der Waals surface area contributed by atoms with Crippen LogP contribution in [0.15, 0.2) is 42.5 Å². The topological polar surface area (TPSA) is 83.2 Å². The van der Waals surface area contributed by atoms with Crippen molar-refractivity contribution in [2.75, 3.05) is 5.32 Å². The van der Waals surface area contributed by atoms with Gasteiger partial charge in [0.15, 0.2) is 11.5 Å². The molecule has 1 N–H and O–H groups in total. The number of nitrogens with zero attached hydrogens (tertiary/aromatic N) is 4. The van der Waals surface area contributed by atoms with Gasteiger partial charge in [0.05, 0.1) is 22.4 Å². The van der Waals surface area contributed by atoms with Gasteiger partial charge in [-0.05, 0) is 37.6 Å². The number of alkyl halides is 2. The summed E-state index contributed by atoms with van der Waals surface area (Å²) < 4.78 is 39.0. The smallest absolute Gasteiger partial charge is 0.395 e. The Bertz CT molecular complexity index is 1380. The van der Waals surface area contributed by atoms with Crippen molar-refractivity contribution in [3.05, 3.63) is 59.4 Å². The fourth-order valence-corrected chi connectivity index (χ4v) is 3.73. The maximum atomic E-state index is 13.3. The molecule has 10 heteroatoms. The molecular weight excluding hydrogens is 420 g/mol. The summed E-state index contributed by atoms with van der Waals surface area (Å²) in [5.41, 5.74) is 4.04. The van der Waals surface area contributed by atoms with E-state index in [2.05, 4.69) is 24.9 Å². The number of aromatic nitrogens is 4. The largest absolute Gasteiger partial charge is 0.586 e. The highest BCUT2D eigenvalue weighted by atomic mass is 19.3. The minimum absolute atomic E-state index is 0.0858. The maximum Gasteiger partial charge on any atom is 0.586 e. The van der Waals surface area contributed by atoms with Gasteiger partial charge in [-0.2, -0.15) is 5.10 Å². The number of benzene rings is 2. The van der Waals surface area contributed by atoms with E-state index in [9.17, 15) is 13.6 Å². The van der Waals surface area contributed by atoms with E-state index in [1.807, 2.05) is 30.7 Å². The molecule has 0 saturated carbocycles. The standard InChI is InChI=1S/C22H19F2N5O3/c1-4-14-8-12(2)27-29(14)15-7-5-6-13(9-15)20(30)26-21-25-16-10-18-19(11-17(16)28(21)3)32-22(23,24)31-18/h5-11H,4H2,1-3H3,(H,25,26,30). The second kappa shape index (κ2) is 7.04. The van der Waals surface area contributed by atoms with Gasteiger partial charge in [0.25, 0.3) is 5.91 Å². The Kier molecular flexibility index (Phi) is 4.40. The molecular formula is C22H19F2N5O3. The molecule has 4 aromatic rings. The summed E-state index contributed by atoms with van der Waals surface area (Å²) in [6.45, 7) is 3.97. The summed E-state index contributed by atoms with van der Waals surface area (Å²) in [5.74, 6) is -0.293. The molecule has 2 aromatic heterocycles. The molecule has 0 unspecified atom stereocenters. The minimum Gasteiger partial charge on any atom is -0.395 e. The molecule has 164 valence electrons. The van der Waals surface area contributed by atoms with E-state index >= 15 is 0 Å². The van der Waals surface area contributed by atoms with Crippen LogP contribution in [0.4, 0.5) is 14.7 Å². The van der Waals surface area contributed by atoms with E-state index in [-0.39, 0.29) is 23.4 Å². The van der Waals surface area contributed by atoms with Crippen LogP contribution in [0.25, 0.3) is 16.7 Å². The third-order valence-electron chi connectivity index (χ3n) is 5.25. The van der Waals surface area contributed by atoms with Crippen LogP contribution in [0.5, 0.6) is 11.5 Å². The highest BCUT2D eigenvalue weighted by Gasteiger charge is 2.43. The number of ether oxygens (including phenoxy) is 2. The van der Waals surface area contributed by atoms with Crippen LogP contribution >= 0.6 is 0 Å². The van der Waals surface area contributed by atoms with Crippen molar-refractivity contribution >= 4 is 22.9 Å². The molecule has 8 nitrogen and oxygen atoms in total. The van der Waals surface area contributed by atoms with Gasteiger partial charge < -0.3 is 14.0 Å². The van der Waals surface area contributed by atoms with Gasteiger partial charge in [0, 0.05) is 30.4 Å². The number of aryl methyl sites for hydroxylation is 3. The van der Waals surface area contributed by atoms with Crippen LogP contribution in [0.3, 0.4) is 0 Å². The predicted octanol–water partition coefficient (Wildman–Crippen LogP) is 4.20. The van der Waals surface area contributed by atoms with Crippen LogP contribution in [0.1, 0.15) is 28.7 Å². The summed E-state index contributed by atoms with van der Waals surface area (Å²) in [6, 6.07) is 11.9. The number of fused-ring (bicyclic) bond motifs is 2. The molecule has 0 saturated heterocycles. The Morgan fingerprint density at radius 2 is 1.91 bits per heavy atom. The quantitative estimate of drug-likeness (QED) is 0.515. The summed E-state index contributed by atoms with van der Waals surface area (Å²) in [4.78, 5) is 17.3. The van der Waals surface area contributed by atoms with Gasteiger partial charge in [-0.1, -0.05) is 13.0 Å². The number of halogens is 2. The molecule has 0 spiro atoms. The normalized spacial score (nSPS) is 14.2. The first-order valence-electron chi connectivity index (χ1n) is 9.98. The van der Waals surface area contributed by atoms with Crippen LogP contribution < -0.4 is 14.8 Å². The third kappa shape index (κ3) is 3.33. The average molecular weight is 439 g/mol. The lowest BCUT2D eigenvalue weighted by atomic mass is 10.2. The lowest BCUT2D eigenvalue weighted by Gasteiger charge is -2.09. The zero-order valence-electron chi connectivity index (χ0n) is 17.5. The first-order chi connectivity index (χ1) is 15.2. The van der Waals surface area contributed by atoms with Gasteiger partial charge in [-0.25, -0.2) is 9.67 Å². The molecule has 1 amide bonds. The molecule has 0 bridgehead atoms. The van der Waals surface area contributed by atoms with Crippen molar-refractivity contribution in [2.24, 2.45) is 7.05 Å². The fraction of sp³-hybridized carbons (Fsp3) is 0.227. The number of rotatable bonds is 4. The molecule has 0 radical (unpaired) electrons. The summed E-state index contributed by atoms with van der Waals surface area (Å²) >= 11 is 0. The molecule has 0 aliphatic carbocycles. The Morgan fingerprint density at radius 1 is 1.16 bits per heavy atom. The number of amides is 1. The molecule has 2 aromatic carbocycles. The number of hydrogen-bond donors (Lipinski definition) is 1. The van der Waals surface area contributed by atoms with Crippen molar-refractivity contribution in [1.29, 1.82) is 0 Å². The Morgan fingerprint density at radius 3 is 2.66 bits per heavy atom. The Hall–Kier alpha value is -3.95. The van der Waals surface area contributed by atoms with Crippen molar-refractivity contribution < 1.29 is 23.0 Å². The maximum absolute atomic E-state index is 13.3. The van der Waals surface area contributed by atoms with Gasteiger partial charge in [0.2, 0.25) is 5.95 Å². The number of imidazole rings is 1. The van der Waals surface area contributed by atoms with Gasteiger partial charge >= 0.3 is 6.29 Å². The Balaban J connectivity index is 1.44. The van der Waals surface area contributed by atoms with Crippen LogP contribution in [-0.2, 0) is 13.5 Å². The van der Waals surface area contributed by atoms with E-state index in [1.165, 1.54) is 12.1 Å². The molecule has 32 heavy (non-hydrogen) atoms. The number of carbonyl (C=O) groups is 1. The lowest BCUT2D eigenvalue weighted by Crippen LogP contribution is -2.25. The number of anilines is 1. The average Bonchev–Trinajstić information content (AvgIpc) is 3.38. The summed E-state index contributed by atoms with van der Waals surface area (Å²) in [5, 5.41) is 7.28. The van der Waals surface area contributed by atoms with Crippen molar-refractivity contribution in [1.82, 2.24) is 19.3 Å². The monoisotopic (exact) mass is 439 g/mol. The molecule has 0 fully saturated rings.